The first-order chi connectivity index (χ1) is 21.6. The molecule has 2 fully saturated rings. The van der Waals surface area contributed by atoms with Gasteiger partial charge in [-0.05, 0) is 140 Å². The summed E-state index contributed by atoms with van der Waals surface area (Å²) in [6.45, 7) is 8.05. The summed E-state index contributed by atoms with van der Waals surface area (Å²) in [5.41, 5.74) is 11.3. The van der Waals surface area contributed by atoms with Crippen molar-refractivity contribution in [3.8, 4) is 45.3 Å². The maximum atomic E-state index is 11.2. The zero-order valence-electron chi connectivity index (χ0n) is 27.3. The molecule has 4 N–H and O–H groups in total. The van der Waals surface area contributed by atoms with Gasteiger partial charge in [-0.1, -0.05) is 62.8 Å². The molecule has 0 aromatic heterocycles. The van der Waals surface area contributed by atoms with Gasteiger partial charge in [0.2, 0.25) is 0 Å². The standard InChI is InChI=1S/C41H48O4/c1-24-19-34(26(3)38(40(24)44)30-11-7-5-8-12-30)32-17-15-28(22-36(32)42)21-29-16-18-33(37(43)23-29)35-20-25(2)41(45)39(27(35)4)31-13-9-6-10-14-31/h15-20,22-23,30-31,42-45H,5-14,21H2,1-4H3. The second-order valence-corrected chi connectivity index (χ2v) is 13.8. The normalized spacial score (nSPS) is 16.3. The minimum absolute atomic E-state index is 0.224. The summed E-state index contributed by atoms with van der Waals surface area (Å²) in [5, 5.41) is 44.5. The summed E-state index contributed by atoms with van der Waals surface area (Å²) in [5.74, 6) is 1.99. The van der Waals surface area contributed by atoms with Crippen LogP contribution < -0.4 is 0 Å². The van der Waals surface area contributed by atoms with Crippen LogP contribution in [0.2, 0.25) is 0 Å². The van der Waals surface area contributed by atoms with E-state index in [1.807, 2.05) is 62.4 Å². The summed E-state index contributed by atoms with van der Waals surface area (Å²) in [4.78, 5) is 0. The van der Waals surface area contributed by atoms with Crippen LogP contribution in [0.5, 0.6) is 23.0 Å². The lowest BCUT2D eigenvalue weighted by Gasteiger charge is -2.27. The van der Waals surface area contributed by atoms with Crippen LogP contribution in [0.1, 0.15) is 121 Å². The highest BCUT2D eigenvalue weighted by molar-refractivity contribution is 5.78. The molecule has 0 spiro atoms. The molecule has 0 heterocycles. The van der Waals surface area contributed by atoms with Crippen molar-refractivity contribution in [2.45, 2.75) is 110 Å². The fourth-order valence-electron chi connectivity index (χ4n) is 8.26. The zero-order chi connectivity index (χ0) is 31.8. The predicted molar refractivity (Wildman–Crippen MR) is 184 cm³/mol. The van der Waals surface area contributed by atoms with Crippen molar-refractivity contribution in [1.82, 2.24) is 0 Å². The van der Waals surface area contributed by atoms with E-state index in [1.165, 1.54) is 38.5 Å². The summed E-state index contributed by atoms with van der Waals surface area (Å²) < 4.78 is 0. The molecule has 0 radical (unpaired) electrons. The molecular formula is C41H48O4. The zero-order valence-corrected chi connectivity index (χ0v) is 27.3. The molecule has 0 aliphatic heterocycles. The van der Waals surface area contributed by atoms with Gasteiger partial charge in [0.05, 0.1) is 0 Å². The minimum atomic E-state index is 0.224. The Kier molecular flexibility index (Phi) is 8.86. The average Bonchev–Trinajstić information content (AvgIpc) is 3.03. The number of phenols is 4. The van der Waals surface area contributed by atoms with Crippen LogP contribution in [-0.2, 0) is 6.42 Å². The number of rotatable bonds is 6. The number of hydrogen-bond donors (Lipinski definition) is 4. The van der Waals surface area contributed by atoms with Crippen molar-refractivity contribution in [3.05, 3.63) is 93.0 Å². The Hall–Kier alpha value is -3.92. The molecule has 45 heavy (non-hydrogen) atoms. The molecule has 4 aromatic carbocycles. The smallest absolute Gasteiger partial charge is 0.123 e. The SMILES string of the molecule is Cc1cc(-c2ccc(Cc3ccc(-c4cc(C)c(O)c(C5CCCCC5)c4C)c(O)c3)cc2O)c(C)c(C2CCCCC2)c1O. The van der Waals surface area contributed by atoms with Crippen LogP contribution in [0, 0.1) is 27.7 Å². The van der Waals surface area contributed by atoms with Crippen LogP contribution in [0.4, 0.5) is 0 Å². The molecule has 0 amide bonds. The summed E-state index contributed by atoms with van der Waals surface area (Å²) in [7, 11) is 0. The van der Waals surface area contributed by atoms with E-state index in [0.717, 1.165) is 92.4 Å². The lowest BCUT2D eigenvalue weighted by atomic mass is 9.79. The van der Waals surface area contributed by atoms with Gasteiger partial charge in [-0.2, -0.15) is 0 Å². The fourth-order valence-corrected chi connectivity index (χ4v) is 8.26. The molecule has 6 rings (SSSR count). The van der Waals surface area contributed by atoms with Gasteiger partial charge >= 0.3 is 0 Å². The first kappa shape index (κ1) is 31.1. The lowest BCUT2D eigenvalue weighted by molar-refractivity contribution is 0.411. The van der Waals surface area contributed by atoms with Crippen molar-refractivity contribution in [2.24, 2.45) is 0 Å². The van der Waals surface area contributed by atoms with E-state index in [-0.39, 0.29) is 11.5 Å². The van der Waals surface area contributed by atoms with Gasteiger partial charge < -0.3 is 20.4 Å². The van der Waals surface area contributed by atoms with Crippen LogP contribution in [0.3, 0.4) is 0 Å². The van der Waals surface area contributed by atoms with Gasteiger partial charge in [-0.3, -0.25) is 0 Å². The van der Waals surface area contributed by atoms with E-state index in [2.05, 4.69) is 13.8 Å². The topological polar surface area (TPSA) is 80.9 Å². The van der Waals surface area contributed by atoms with Crippen LogP contribution in [0.25, 0.3) is 22.3 Å². The molecule has 236 valence electrons. The van der Waals surface area contributed by atoms with E-state index >= 15 is 0 Å². The van der Waals surface area contributed by atoms with Gasteiger partial charge in [-0.15, -0.1) is 0 Å². The molecule has 0 atom stereocenters. The summed E-state index contributed by atoms with van der Waals surface area (Å²) >= 11 is 0. The van der Waals surface area contributed by atoms with E-state index in [9.17, 15) is 20.4 Å². The predicted octanol–water partition coefficient (Wildman–Crippen LogP) is 10.8. The van der Waals surface area contributed by atoms with Gasteiger partial charge in [0.25, 0.3) is 0 Å². The Morgan fingerprint density at radius 2 is 0.867 bits per heavy atom. The average molecular weight is 605 g/mol. The van der Waals surface area contributed by atoms with Crippen molar-refractivity contribution >= 4 is 0 Å². The monoisotopic (exact) mass is 604 g/mol. The van der Waals surface area contributed by atoms with E-state index in [0.29, 0.717) is 29.8 Å². The molecule has 4 heteroatoms. The first-order valence-corrected chi connectivity index (χ1v) is 16.9. The maximum Gasteiger partial charge on any atom is 0.123 e. The number of hydrogen-bond acceptors (Lipinski definition) is 4. The Bertz CT molecular complexity index is 1590. The van der Waals surface area contributed by atoms with Crippen LogP contribution in [0.15, 0.2) is 48.5 Å². The van der Waals surface area contributed by atoms with Crippen LogP contribution >= 0.6 is 0 Å². The number of phenolic OH excluding ortho intramolecular Hbond substituents is 4. The highest BCUT2D eigenvalue weighted by Gasteiger charge is 2.26. The molecule has 2 aliphatic carbocycles. The summed E-state index contributed by atoms with van der Waals surface area (Å²) in [6, 6.07) is 15.7. The minimum Gasteiger partial charge on any atom is -0.507 e. The van der Waals surface area contributed by atoms with Crippen molar-refractivity contribution < 1.29 is 20.4 Å². The second kappa shape index (κ2) is 12.8. The van der Waals surface area contributed by atoms with Crippen molar-refractivity contribution in [2.75, 3.05) is 0 Å². The van der Waals surface area contributed by atoms with Gasteiger partial charge in [0.1, 0.15) is 23.0 Å². The first-order valence-electron chi connectivity index (χ1n) is 16.9. The van der Waals surface area contributed by atoms with Gasteiger partial charge in [0, 0.05) is 22.3 Å². The molecule has 4 nitrogen and oxygen atoms in total. The van der Waals surface area contributed by atoms with E-state index in [4.69, 9.17) is 0 Å². The highest BCUT2D eigenvalue weighted by atomic mass is 16.3. The number of aromatic hydroxyl groups is 4. The third-order valence-electron chi connectivity index (χ3n) is 10.7. The fraction of sp³-hybridized carbons (Fsp3) is 0.415. The van der Waals surface area contributed by atoms with Crippen molar-refractivity contribution in [1.29, 1.82) is 0 Å². The molecule has 0 unspecified atom stereocenters. The van der Waals surface area contributed by atoms with E-state index < -0.39 is 0 Å². The highest BCUT2D eigenvalue weighted by Crippen LogP contribution is 2.47. The molecule has 0 bridgehead atoms. The van der Waals surface area contributed by atoms with E-state index in [1.54, 1.807) is 0 Å². The Balaban J connectivity index is 1.27. The third kappa shape index (κ3) is 6.04. The number of aryl methyl sites for hydroxylation is 2. The molecule has 2 aliphatic rings. The second-order valence-electron chi connectivity index (χ2n) is 13.8. The quantitative estimate of drug-likeness (QED) is 0.176. The summed E-state index contributed by atoms with van der Waals surface area (Å²) in [6.07, 6.45) is 12.3. The van der Waals surface area contributed by atoms with Crippen molar-refractivity contribution in [3.63, 3.8) is 0 Å². The Labute approximate surface area is 268 Å². The Morgan fingerprint density at radius 1 is 0.489 bits per heavy atom. The molecule has 2 saturated carbocycles. The maximum absolute atomic E-state index is 11.2. The largest absolute Gasteiger partial charge is 0.507 e. The molecule has 0 saturated heterocycles. The van der Waals surface area contributed by atoms with Crippen LogP contribution in [-0.4, -0.2) is 20.4 Å². The number of benzene rings is 4. The molecule has 4 aromatic rings. The lowest BCUT2D eigenvalue weighted by Crippen LogP contribution is -2.08. The van der Waals surface area contributed by atoms with Gasteiger partial charge in [-0.25, -0.2) is 0 Å². The third-order valence-corrected chi connectivity index (χ3v) is 10.7. The molecular weight excluding hydrogens is 556 g/mol. The van der Waals surface area contributed by atoms with Gasteiger partial charge in [0.15, 0.2) is 0 Å². The Morgan fingerprint density at radius 3 is 1.22 bits per heavy atom.